The summed E-state index contributed by atoms with van der Waals surface area (Å²) < 4.78 is 33.4. The first-order valence-electron chi connectivity index (χ1n) is 9.67. The van der Waals surface area contributed by atoms with Crippen molar-refractivity contribution in [3.05, 3.63) is 41.0 Å². The zero-order valence-corrected chi connectivity index (χ0v) is 16.0. The van der Waals surface area contributed by atoms with Gasteiger partial charge < -0.3 is 28.4 Å². The van der Waals surface area contributed by atoms with Crippen molar-refractivity contribution in [3.63, 3.8) is 0 Å². The first-order chi connectivity index (χ1) is 14.7. The van der Waals surface area contributed by atoms with Crippen LogP contribution in [0.2, 0.25) is 0 Å². The van der Waals surface area contributed by atoms with E-state index in [1.165, 1.54) is 0 Å². The van der Waals surface area contributed by atoms with Gasteiger partial charge in [-0.15, -0.1) is 0 Å². The average molecular weight is 407 g/mol. The molecule has 152 valence electrons. The Morgan fingerprint density at radius 1 is 1.03 bits per heavy atom. The minimum absolute atomic E-state index is 0.0788. The Morgan fingerprint density at radius 3 is 2.67 bits per heavy atom. The second-order valence-corrected chi connectivity index (χ2v) is 7.66. The first kappa shape index (κ1) is 17.3. The van der Waals surface area contributed by atoms with Gasteiger partial charge in [0.25, 0.3) is 0 Å². The van der Waals surface area contributed by atoms with Gasteiger partial charge in [0.2, 0.25) is 19.3 Å². The zero-order valence-electron chi connectivity index (χ0n) is 16.0. The van der Waals surface area contributed by atoms with Gasteiger partial charge in [0.05, 0.1) is 31.6 Å². The van der Waals surface area contributed by atoms with Crippen LogP contribution < -0.4 is 23.7 Å². The first-order valence-corrected chi connectivity index (χ1v) is 9.67. The average Bonchev–Trinajstić information content (AvgIpc) is 3.50. The molecule has 4 aliphatic rings. The summed E-state index contributed by atoms with van der Waals surface area (Å²) in [4.78, 5) is 12.8. The highest BCUT2D eigenvalue weighted by Crippen LogP contribution is 2.59. The molecule has 0 spiro atoms. The Kier molecular flexibility index (Phi) is 3.57. The number of rotatable bonds is 2. The molecule has 2 aromatic carbocycles. The van der Waals surface area contributed by atoms with Gasteiger partial charge in [-0.3, -0.25) is 4.79 Å². The van der Waals surface area contributed by atoms with E-state index in [1.807, 2.05) is 24.3 Å². The summed E-state index contributed by atoms with van der Waals surface area (Å²) in [6, 6.07) is 9.90. The van der Waals surface area contributed by atoms with Crippen molar-refractivity contribution in [3.8, 4) is 34.8 Å². The fourth-order valence-electron chi connectivity index (χ4n) is 5.13. The van der Waals surface area contributed by atoms with Crippen molar-refractivity contribution in [1.29, 1.82) is 5.26 Å². The van der Waals surface area contributed by atoms with E-state index >= 15 is 0 Å². The van der Waals surface area contributed by atoms with Crippen LogP contribution in [0.4, 0.5) is 0 Å². The Bertz CT molecular complexity index is 1120. The lowest BCUT2D eigenvalue weighted by Crippen LogP contribution is -2.34. The molecule has 4 unspecified atom stereocenters. The number of hydrogen-bond acceptors (Lipinski definition) is 8. The Hall–Kier alpha value is -3.60. The normalized spacial score (nSPS) is 27.1. The van der Waals surface area contributed by atoms with Gasteiger partial charge in [-0.2, -0.15) is 5.26 Å². The quantitative estimate of drug-likeness (QED) is 0.701. The van der Waals surface area contributed by atoms with Crippen LogP contribution in [0.15, 0.2) is 24.3 Å². The minimum Gasteiger partial charge on any atom is -0.492 e. The van der Waals surface area contributed by atoms with Crippen LogP contribution >= 0.6 is 0 Å². The molecule has 30 heavy (non-hydrogen) atoms. The summed E-state index contributed by atoms with van der Waals surface area (Å²) in [6.07, 6.45) is 0. The second-order valence-electron chi connectivity index (χ2n) is 7.66. The number of nitrogens with zero attached hydrogens (tertiary/aromatic N) is 1. The highest BCUT2D eigenvalue weighted by atomic mass is 16.7. The molecule has 3 heterocycles. The van der Waals surface area contributed by atoms with E-state index in [4.69, 9.17) is 28.4 Å². The molecule has 4 atom stereocenters. The molecule has 1 saturated heterocycles. The fraction of sp³-hybridized carbons (Fsp3) is 0.364. The van der Waals surface area contributed by atoms with E-state index in [1.54, 1.807) is 7.11 Å². The molecule has 1 fully saturated rings. The molecule has 0 aromatic heterocycles. The maximum absolute atomic E-state index is 12.8. The third kappa shape index (κ3) is 2.17. The predicted molar refractivity (Wildman–Crippen MR) is 99.8 cm³/mol. The van der Waals surface area contributed by atoms with Gasteiger partial charge in [-0.25, -0.2) is 0 Å². The van der Waals surface area contributed by atoms with Crippen molar-refractivity contribution in [2.45, 2.75) is 11.8 Å². The lowest BCUT2D eigenvalue weighted by molar-refractivity contribution is -0.141. The standard InChI is InChI=1S/C22H17NO7/c1-25-21-18-11(5-16-20(21)30-9-29-16)17(10-2-3-14-15(4-10)28-8-27-14)19-13(12(18)6-23)7-26-22(19)24/h2-5,12-13,17,19H,7-9H2,1H3. The van der Waals surface area contributed by atoms with Crippen molar-refractivity contribution in [2.75, 3.05) is 27.3 Å². The molecule has 3 aliphatic heterocycles. The summed E-state index contributed by atoms with van der Waals surface area (Å²) in [7, 11) is 1.55. The van der Waals surface area contributed by atoms with Crippen molar-refractivity contribution in [1.82, 2.24) is 0 Å². The Balaban J connectivity index is 1.63. The maximum Gasteiger partial charge on any atom is 0.310 e. The van der Waals surface area contributed by atoms with Crippen LogP contribution in [0.1, 0.15) is 28.5 Å². The SMILES string of the molecule is COc1c2c(cc3c1C(C#N)C1COC(=O)C1C3c1ccc3c(c1)OCO3)OCO2. The van der Waals surface area contributed by atoms with Gasteiger partial charge in [-0.05, 0) is 29.3 Å². The van der Waals surface area contributed by atoms with Gasteiger partial charge in [0.15, 0.2) is 23.0 Å². The zero-order chi connectivity index (χ0) is 20.4. The second kappa shape index (κ2) is 6.20. The summed E-state index contributed by atoms with van der Waals surface area (Å²) in [6.45, 7) is 0.437. The largest absolute Gasteiger partial charge is 0.492 e. The van der Waals surface area contributed by atoms with E-state index < -0.39 is 11.8 Å². The number of carbonyl (C=O) groups is 1. The molecule has 0 N–H and O–H groups in total. The number of esters is 1. The molecule has 0 bridgehead atoms. The molecule has 8 nitrogen and oxygen atoms in total. The number of nitriles is 1. The van der Waals surface area contributed by atoms with Gasteiger partial charge in [0.1, 0.15) is 0 Å². The third-order valence-corrected chi connectivity index (χ3v) is 6.37. The molecule has 6 rings (SSSR count). The minimum atomic E-state index is -0.564. The highest BCUT2D eigenvalue weighted by molar-refractivity contribution is 5.80. The topological polar surface area (TPSA) is 96.2 Å². The van der Waals surface area contributed by atoms with Crippen LogP contribution in [0.5, 0.6) is 28.7 Å². The van der Waals surface area contributed by atoms with Gasteiger partial charge in [0, 0.05) is 17.4 Å². The van der Waals surface area contributed by atoms with Crippen molar-refractivity contribution in [2.24, 2.45) is 11.8 Å². The van der Waals surface area contributed by atoms with E-state index in [0.717, 1.165) is 16.7 Å². The monoisotopic (exact) mass is 407 g/mol. The summed E-state index contributed by atoms with van der Waals surface area (Å²) >= 11 is 0. The number of fused-ring (bicyclic) bond motifs is 4. The molecule has 0 saturated carbocycles. The summed E-state index contributed by atoms with van der Waals surface area (Å²) in [5.41, 5.74) is 2.42. The smallest absolute Gasteiger partial charge is 0.310 e. The highest BCUT2D eigenvalue weighted by Gasteiger charge is 2.54. The number of benzene rings is 2. The Labute approximate surface area is 171 Å². The molecular weight excluding hydrogens is 390 g/mol. The Morgan fingerprint density at radius 2 is 1.83 bits per heavy atom. The lowest BCUT2D eigenvalue weighted by atomic mass is 9.63. The van der Waals surface area contributed by atoms with Crippen molar-refractivity contribution < 1.29 is 33.2 Å². The van der Waals surface area contributed by atoms with E-state index in [2.05, 4.69) is 6.07 Å². The van der Waals surface area contributed by atoms with E-state index in [9.17, 15) is 10.1 Å². The molecule has 8 heteroatoms. The van der Waals surface area contributed by atoms with Gasteiger partial charge in [-0.1, -0.05) is 6.07 Å². The predicted octanol–water partition coefficient (Wildman–Crippen LogP) is 2.69. The summed E-state index contributed by atoms with van der Waals surface area (Å²) in [5, 5.41) is 10.0. The maximum atomic E-state index is 12.8. The number of ether oxygens (including phenoxy) is 6. The number of hydrogen-bond donors (Lipinski definition) is 0. The summed E-state index contributed by atoms with van der Waals surface area (Å²) in [5.74, 6) is 0.814. The van der Waals surface area contributed by atoms with Crippen LogP contribution in [-0.4, -0.2) is 33.3 Å². The fourth-order valence-corrected chi connectivity index (χ4v) is 5.13. The van der Waals surface area contributed by atoms with Gasteiger partial charge >= 0.3 is 5.97 Å². The van der Waals surface area contributed by atoms with Crippen LogP contribution in [0.3, 0.4) is 0 Å². The van der Waals surface area contributed by atoms with E-state index in [0.29, 0.717) is 28.7 Å². The number of methoxy groups -OCH3 is 1. The molecule has 2 aromatic rings. The lowest BCUT2D eigenvalue weighted by Gasteiger charge is -2.37. The third-order valence-electron chi connectivity index (χ3n) is 6.37. The van der Waals surface area contributed by atoms with E-state index in [-0.39, 0.29) is 38.0 Å². The molecular formula is C22H17NO7. The van der Waals surface area contributed by atoms with Crippen LogP contribution in [-0.2, 0) is 9.53 Å². The number of cyclic esters (lactones) is 1. The molecule has 0 radical (unpaired) electrons. The van der Waals surface area contributed by atoms with Crippen molar-refractivity contribution >= 4 is 5.97 Å². The van der Waals surface area contributed by atoms with Crippen LogP contribution in [0, 0.1) is 23.2 Å². The molecule has 0 amide bonds. The molecule has 1 aliphatic carbocycles. The number of carbonyl (C=O) groups excluding carboxylic acids is 1. The van der Waals surface area contributed by atoms with Crippen LogP contribution in [0.25, 0.3) is 0 Å².